The Morgan fingerprint density at radius 2 is 1.57 bits per heavy atom. The van der Waals surface area contributed by atoms with Crippen LogP contribution in [0.1, 0.15) is 152 Å². The molecule has 1 spiro atoms. The second-order valence-electron chi connectivity index (χ2n) is 22.0. The molecule has 0 amide bonds. The van der Waals surface area contributed by atoms with Crippen molar-refractivity contribution in [3.63, 3.8) is 0 Å². The third-order valence-electron chi connectivity index (χ3n) is 15.5. The predicted molar refractivity (Wildman–Crippen MR) is 244 cm³/mol. The lowest BCUT2D eigenvalue weighted by Crippen LogP contribution is -2.59. The van der Waals surface area contributed by atoms with Crippen molar-refractivity contribution in [3.05, 3.63) is 24.3 Å². The number of nitrogens with zero attached hydrogens (tertiary/aromatic N) is 1. The van der Waals surface area contributed by atoms with Crippen LogP contribution in [0.5, 0.6) is 0 Å². The van der Waals surface area contributed by atoms with Crippen LogP contribution in [0.3, 0.4) is 0 Å². The van der Waals surface area contributed by atoms with Crippen LogP contribution in [0.2, 0.25) is 0 Å². The van der Waals surface area contributed by atoms with Gasteiger partial charge in [0.15, 0.2) is 17.9 Å². The minimum absolute atomic E-state index is 0.0745. The highest BCUT2D eigenvalue weighted by atomic mass is 16.7. The molecule has 2 bridgehead atoms. The van der Waals surface area contributed by atoms with Gasteiger partial charge in [0, 0.05) is 49.1 Å². The van der Waals surface area contributed by atoms with E-state index in [0.717, 1.165) is 37.8 Å². The fourth-order valence-electron chi connectivity index (χ4n) is 11.0. The number of aliphatic hydroxyl groups excluding tert-OH is 4. The molecule has 5 aliphatic heterocycles. The largest absolute Gasteiger partial charge is 0.459 e. The number of ether oxygens (including phenoxy) is 6. The number of esters is 1. The first-order valence-corrected chi connectivity index (χ1v) is 24.7. The molecule has 4 fully saturated rings. The molecule has 19 unspecified atom stereocenters. The second-order valence-corrected chi connectivity index (χ2v) is 22.0. The molecule has 15 nitrogen and oxygen atoms in total. The van der Waals surface area contributed by atoms with Gasteiger partial charge in [0.25, 0.3) is 0 Å². The summed E-state index contributed by atoms with van der Waals surface area (Å²) in [6.45, 7) is 16.1. The molecule has 65 heavy (non-hydrogen) atoms. The van der Waals surface area contributed by atoms with Crippen molar-refractivity contribution in [3.8, 4) is 0 Å². The van der Waals surface area contributed by atoms with E-state index in [2.05, 4.69) is 17.9 Å². The summed E-state index contributed by atoms with van der Waals surface area (Å²) in [5.74, 6) is -5.39. The number of rotatable bonds is 6. The molecule has 0 aromatic carbocycles. The van der Waals surface area contributed by atoms with Crippen molar-refractivity contribution in [1.82, 2.24) is 4.90 Å². The van der Waals surface area contributed by atoms with Crippen molar-refractivity contribution >= 4 is 5.97 Å². The van der Waals surface area contributed by atoms with E-state index >= 15 is 0 Å². The molecule has 5 aliphatic rings. The number of hydrogen-bond acceptors (Lipinski definition) is 15. The van der Waals surface area contributed by atoms with E-state index in [0.29, 0.717) is 44.9 Å². The van der Waals surface area contributed by atoms with Crippen LogP contribution in [0.15, 0.2) is 24.3 Å². The lowest BCUT2D eigenvalue weighted by Gasteiger charge is -2.52. The molecule has 0 radical (unpaired) electrons. The molecular weight excluding hydrogens is 839 g/mol. The van der Waals surface area contributed by atoms with Gasteiger partial charge in [0.05, 0.1) is 47.8 Å². The van der Waals surface area contributed by atoms with Crippen molar-refractivity contribution in [2.45, 2.75) is 248 Å². The highest BCUT2D eigenvalue weighted by molar-refractivity contribution is 5.82. The molecular formula is C50H87NO14. The molecule has 19 atom stereocenters. The maximum absolute atomic E-state index is 13.8. The summed E-state index contributed by atoms with van der Waals surface area (Å²) >= 11 is 0. The molecule has 7 N–H and O–H groups in total. The topological polar surface area (TPSA) is 217 Å². The van der Waals surface area contributed by atoms with Crippen LogP contribution < -0.4 is 0 Å². The van der Waals surface area contributed by atoms with Crippen molar-refractivity contribution < 1.29 is 69.0 Å². The van der Waals surface area contributed by atoms with E-state index in [1.165, 1.54) is 20.8 Å². The fraction of sp³-hybridized carbons (Fsp3) is 0.900. The quantitative estimate of drug-likeness (QED) is 0.137. The van der Waals surface area contributed by atoms with E-state index < -0.39 is 95.2 Å². The zero-order valence-corrected chi connectivity index (χ0v) is 41.3. The van der Waals surface area contributed by atoms with Crippen LogP contribution >= 0.6 is 0 Å². The molecule has 5 heterocycles. The molecule has 15 heteroatoms. The van der Waals surface area contributed by atoms with Gasteiger partial charge in [-0.25, -0.2) is 4.79 Å². The van der Waals surface area contributed by atoms with Crippen LogP contribution in [-0.2, 0) is 33.2 Å². The Hall–Kier alpha value is -1.57. The molecule has 0 aromatic heterocycles. The van der Waals surface area contributed by atoms with Crippen molar-refractivity contribution in [1.29, 1.82) is 0 Å². The molecule has 4 saturated heterocycles. The Morgan fingerprint density at radius 3 is 2.23 bits per heavy atom. The monoisotopic (exact) mass is 926 g/mol. The summed E-state index contributed by atoms with van der Waals surface area (Å²) in [5, 5.41) is 82.0. The first-order valence-electron chi connectivity index (χ1n) is 24.7. The van der Waals surface area contributed by atoms with Gasteiger partial charge in [-0.3, -0.25) is 0 Å². The number of carbonyl (C=O) groups excluding carboxylic acids is 1. The van der Waals surface area contributed by atoms with E-state index in [1.807, 2.05) is 54.8 Å². The summed E-state index contributed by atoms with van der Waals surface area (Å²) < 4.78 is 38.9. The maximum atomic E-state index is 13.8. The number of aliphatic hydroxyl groups is 7. The van der Waals surface area contributed by atoms with Gasteiger partial charge >= 0.3 is 5.97 Å². The van der Waals surface area contributed by atoms with Gasteiger partial charge in [-0.15, -0.1) is 0 Å². The highest BCUT2D eigenvalue weighted by Gasteiger charge is 2.57. The Labute approximate surface area is 388 Å². The zero-order valence-electron chi connectivity index (χ0n) is 41.3. The van der Waals surface area contributed by atoms with Gasteiger partial charge in [-0.2, -0.15) is 0 Å². The average molecular weight is 926 g/mol. The standard InChI is InChI=1S/C50H87NO14/c1-12-35(52)26-37-30(2)21-25-49(63-37)28-38-31(3)39(64-49)29-50(59)34(27-46(6,7)65-50)18-16-14-13-15-17-23-47(8,57)45(56)43(62-41-20-19-36(51(10)11)33(5)60-41)42(54)32(4)44(55)48(9,58)24-22-40(53)61-38/h16,18,22,24,30-39,41-45,52,54-59H,12-15,17,19-21,23,25-29H2,1-11H3. The van der Waals surface area contributed by atoms with E-state index in [-0.39, 0.29) is 49.3 Å². The molecule has 0 saturated carbocycles. The molecule has 376 valence electrons. The lowest BCUT2D eigenvalue weighted by atomic mass is 9.79. The van der Waals surface area contributed by atoms with E-state index in [4.69, 9.17) is 28.4 Å². The van der Waals surface area contributed by atoms with Gasteiger partial charge in [0.2, 0.25) is 0 Å². The number of fused-ring (bicyclic) bond motifs is 3. The average Bonchev–Trinajstić information content (AvgIpc) is 3.46. The predicted octanol–water partition coefficient (Wildman–Crippen LogP) is 5.03. The maximum Gasteiger partial charge on any atom is 0.330 e. The van der Waals surface area contributed by atoms with Gasteiger partial charge < -0.3 is 69.1 Å². The van der Waals surface area contributed by atoms with Crippen molar-refractivity contribution in [2.24, 2.45) is 23.7 Å². The van der Waals surface area contributed by atoms with Crippen LogP contribution in [0.25, 0.3) is 0 Å². The van der Waals surface area contributed by atoms with Gasteiger partial charge in [-0.1, -0.05) is 52.7 Å². The van der Waals surface area contributed by atoms with Crippen LogP contribution in [0.4, 0.5) is 0 Å². The fourth-order valence-corrected chi connectivity index (χ4v) is 11.0. The van der Waals surface area contributed by atoms with E-state index in [9.17, 15) is 40.5 Å². The smallest absolute Gasteiger partial charge is 0.330 e. The Bertz CT molecular complexity index is 1590. The Kier molecular flexibility index (Phi) is 18.4. The minimum Gasteiger partial charge on any atom is -0.459 e. The first-order chi connectivity index (χ1) is 30.2. The number of allylic oxidation sites excluding steroid dienone is 1. The second kappa shape index (κ2) is 22.0. The zero-order chi connectivity index (χ0) is 48.3. The molecule has 0 aliphatic carbocycles. The summed E-state index contributed by atoms with van der Waals surface area (Å²) in [4.78, 5) is 15.9. The minimum atomic E-state index is -2.08. The van der Waals surface area contributed by atoms with Crippen LogP contribution in [0, 0.1) is 23.7 Å². The highest BCUT2D eigenvalue weighted by Crippen LogP contribution is 2.50. The Balaban J connectivity index is 1.46. The number of carbonyl (C=O) groups is 1. The van der Waals surface area contributed by atoms with Crippen molar-refractivity contribution in [2.75, 3.05) is 14.1 Å². The summed E-state index contributed by atoms with van der Waals surface area (Å²) in [5.41, 5.74) is -4.44. The van der Waals surface area contributed by atoms with E-state index in [1.54, 1.807) is 0 Å². The normalized spacial score (nSPS) is 46.9. The van der Waals surface area contributed by atoms with Crippen LogP contribution in [-0.4, -0.2) is 156 Å². The summed E-state index contributed by atoms with van der Waals surface area (Å²) in [6.07, 6.45) is 3.78. The summed E-state index contributed by atoms with van der Waals surface area (Å²) in [6, 6.07) is 0.127. The third kappa shape index (κ3) is 13.6. The molecule has 0 aromatic rings. The first kappa shape index (κ1) is 54.4. The number of likely N-dealkylation sites (N-methyl/N-ethyl adjacent to an activating group) is 1. The SMILES string of the molecule is CCC(O)CC1OC2(CCC1C)CC1OC(=O)C=CC(C)(O)C(O)C(C)C(O)C(OC3CCC(N(C)C)C(C)O3)C(O)C(C)(O)CCCCCC=CC3CC(C)(C)OC3(O)CC(O2)C1C. The lowest BCUT2D eigenvalue weighted by molar-refractivity contribution is -0.358. The Morgan fingerprint density at radius 1 is 0.862 bits per heavy atom. The van der Waals surface area contributed by atoms with Gasteiger partial charge in [-0.05, 0) is 118 Å². The molecule has 5 rings (SSSR count). The third-order valence-corrected chi connectivity index (χ3v) is 15.5. The summed E-state index contributed by atoms with van der Waals surface area (Å²) in [7, 11) is 3.94. The number of hydrogen-bond donors (Lipinski definition) is 7. The van der Waals surface area contributed by atoms with Gasteiger partial charge in [0.1, 0.15) is 23.9 Å².